The van der Waals surface area contributed by atoms with E-state index in [-0.39, 0.29) is 5.69 Å². The summed E-state index contributed by atoms with van der Waals surface area (Å²) in [7, 11) is 0. The smallest absolute Gasteiger partial charge is 0.326 e. The van der Waals surface area contributed by atoms with E-state index in [9.17, 15) is 9.59 Å². The SMILES string of the molecule is NC(=O)NCCn1c(=O)[nH]c2ccccc21. The van der Waals surface area contributed by atoms with Gasteiger partial charge < -0.3 is 16.0 Å². The largest absolute Gasteiger partial charge is 0.352 e. The summed E-state index contributed by atoms with van der Waals surface area (Å²) in [5, 5.41) is 2.44. The number of hydrogen-bond donors (Lipinski definition) is 3. The lowest BCUT2D eigenvalue weighted by atomic mass is 10.3. The van der Waals surface area contributed by atoms with Gasteiger partial charge in [-0.15, -0.1) is 0 Å². The molecule has 4 N–H and O–H groups in total. The molecule has 16 heavy (non-hydrogen) atoms. The second-order valence-corrected chi connectivity index (χ2v) is 3.39. The Labute approximate surface area is 91.1 Å². The molecule has 0 saturated carbocycles. The number of nitrogens with zero attached hydrogens (tertiary/aromatic N) is 1. The van der Waals surface area contributed by atoms with Crippen molar-refractivity contribution in [3.8, 4) is 0 Å². The number of carbonyl (C=O) groups excluding carboxylic acids is 1. The van der Waals surface area contributed by atoms with Crippen LogP contribution in [0.1, 0.15) is 0 Å². The van der Waals surface area contributed by atoms with Crippen LogP contribution >= 0.6 is 0 Å². The summed E-state index contributed by atoms with van der Waals surface area (Å²) in [6.45, 7) is 0.725. The van der Waals surface area contributed by atoms with Gasteiger partial charge >= 0.3 is 11.7 Å². The molecule has 0 fully saturated rings. The van der Waals surface area contributed by atoms with Crippen LogP contribution in [0, 0.1) is 0 Å². The molecule has 0 aliphatic carbocycles. The Morgan fingerprint density at radius 2 is 2.19 bits per heavy atom. The highest BCUT2D eigenvalue weighted by atomic mass is 16.2. The highest BCUT2D eigenvalue weighted by molar-refractivity contribution is 5.75. The van der Waals surface area contributed by atoms with Crippen LogP contribution in [0.3, 0.4) is 0 Å². The lowest BCUT2D eigenvalue weighted by molar-refractivity contribution is 0.248. The van der Waals surface area contributed by atoms with E-state index in [1.165, 1.54) is 0 Å². The number of nitrogens with one attached hydrogen (secondary N) is 2. The number of hydrogen-bond acceptors (Lipinski definition) is 2. The molecule has 0 aliphatic rings. The monoisotopic (exact) mass is 220 g/mol. The van der Waals surface area contributed by atoms with Gasteiger partial charge in [0.1, 0.15) is 0 Å². The molecule has 0 radical (unpaired) electrons. The second-order valence-electron chi connectivity index (χ2n) is 3.39. The molecule has 0 spiro atoms. The third kappa shape index (κ3) is 1.90. The number of urea groups is 1. The first-order chi connectivity index (χ1) is 7.68. The number of amides is 2. The van der Waals surface area contributed by atoms with Crippen molar-refractivity contribution in [2.75, 3.05) is 6.54 Å². The number of imidazole rings is 1. The van der Waals surface area contributed by atoms with Gasteiger partial charge in [0.2, 0.25) is 0 Å². The average molecular weight is 220 g/mol. The van der Waals surface area contributed by atoms with Gasteiger partial charge in [0, 0.05) is 13.1 Å². The predicted molar refractivity (Wildman–Crippen MR) is 60.1 cm³/mol. The van der Waals surface area contributed by atoms with Gasteiger partial charge in [-0.2, -0.15) is 0 Å². The van der Waals surface area contributed by atoms with E-state index in [1.807, 2.05) is 24.3 Å². The van der Waals surface area contributed by atoms with Crippen LogP contribution in [0.4, 0.5) is 4.79 Å². The third-order valence-corrected chi connectivity index (χ3v) is 2.32. The molecule has 0 bridgehead atoms. The van der Waals surface area contributed by atoms with Crippen molar-refractivity contribution >= 4 is 17.1 Å². The summed E-state index contributed by atoms with van der Waals surface area (Å²) in [6, 6.07) is 6.79. The molecule has 1 heterocycles. The fourth-order valence-corrected chi connectivity index (χ4v) is 1.62. The first-order valence-electron chi connectivity index (χ1n) is 4.89. The number of H-pyrrole nitrogens is 1. The first kappa shape index (κ1) is 10.3. The fraction of sp³-hybridized carbons (Fsp3) is 0.200. The Bertz CT molecular complexity index is 569. The molecule has 0 saturated heterocycles. The quantitative estimate of drug-likeness (QED) is 0.679. The van der Waals surface area contributed by atoms with E-state index in [0.717, 1.165) is 11.0 Å². The summed E-state index contributed by atoms with van der Waals surface area (Å²) in [6.07, 6.45) is 0. The zero-order valence-electron chi connectivity index (χ0n) is 8.56. The van der Waals surface area contributed by atoms with Crippen LogP contribution in [0.5, 0.6) is 0 Å². The molecule has 2 rings (SSSR count). The molecule has 6 heteroatoms. The van der Waals surface area contributed by atoms with E-state index < -0.39 is 6.03 Å². The van der Waals surface area contributed by atoms with Crippen molar-refractivity contribution in [2.24, 2.45) is 5.73 Å². The van der Waals surface area contributed by atoms with Crippen molar-refractivity contribution in [1.29, 1.82) is 0 Å². The molecule has 1 aromatic carbocycles. The minimum absolute atomic E-state index is 0.188. The summed E-state index contributed by atoms with van der Waals surface area (Å²) in [5.41, 5.74) is 6.35. The topological polar surface area (TPSA) is 92.9 Å². The van der Waals surface area contributed by atoms with Gasteiger partial charge in [-0.1, -0.05) is 12.1 Å². The third-order valence-electron chi connectivity index (χ3n) is 2.32. The Morgan fingerprint density at radius 3 is 2.94 bits per heavy atom. The Kier molecular flexibility index (Phi) is 2.63. The summed E-state index contributed by atoms with van der Waals surface area (Å²) < 4.78 is 1.56. The van der Waals surface area contributed by atoms with E-state index in [1.54, 1.807) is 4.57 Å². The highest BCUT2D eigenvalue weighted by Crippen LogP contribution is 2.07. The van der Waals surface area contributed by atoms with E-state index in [2.05, 4.69) is 10.3 Å². The lowest BCUT2D eigenvalue weighted by Gasteiger charge is -2.03. The first-order valence-corrected chi connectivity index (χ1v) is 4.89. The van der Waals surface area contributed by atoms with Crippen LogP contribution in [-0.4, -0.2) is 22.1 Å². The number of aromatic nitrogens is 2. The Morgan fingerprint density at radius 1 is 1.44 bits per heavy atom. The molecule has 84 valence electrons. The normalized spacial score (nSPS) is 10.5. The van der Waals surface area contributed by atoms with Crippen LogP contribution in [0.15, 0.2) is 29.1 Å². The van der Waals surface area contributed by atoms with Crippen molar-refractivity contribution in [3.05, 3.63) is 34.7 Å². The number of carbonyl (C=O) groups is 1. The highest BCUT2D eigenvalue weighted by Gasteiger charge is 2.04. The number of benzene rings is 1. The molecule has 0 aliphatic heterocycles. The van der Waals surface area contributed by atoms with Crippen LogP contribution in [0.2, 0.25) is 0 Å². The number of primary amides is 1. The number of rotatable bonds is 3. The molecular formula is C10H12N4O2. The van der Waals surface area contributed by atoms with Crippen molar-refractivity contribution in [1.82, 2.24) is 14.9 Å². The average Bonchev–Trinajstić information content (AvgIpc) is 2.55. The van der Waals surface area contributed by atoms with Gasteiger partial charge in [-0.3, -0.25) is 4.57 Å². The number of nitrogens with two attached hydrogens (primary N) is 1. The predicted octanol–water partition coefficient (Wildman–Crippen LogP) is -0.00210. The molecule has 0 atom stereocenters. The fourth-order valence-electron chi connectivity index (χ4n) is 1.62. The standard InChI is InChI=1S/C10H12N4O2/c11-9(15)12-5-6-14-8-4-2-1-3-7(8)13-10(14)16/h1-4H,5-6H2,(H,13,16)(H3,11,12,15). The van der Waals surface area contributed by atoms with Crippen molar-refractivity contribution in [2.45, 2.75) is 6.54 Å². The summed E-state index contributed by atoms with van der Waals surface area (Å²) in [4.78, 5) is 24.8. The molecule has 0 unspecified atom stereocenters. The molecule has 2 aromatic rings. The van der Waals surface area contributed by atoms with E-state index in [0.29, 0.717) is 13.1 Å². The van der Waals surface area contributed by atoms with Crippen LogP contribution in [-0.2, 0) is 6.54 Å². The zero-order chi connectivity index (χ0) is 11.5. The second kappa shape index (κ2) is 4.09. The maximum Gasteiger partial charge on any atom is 0.326 e. The maximum absolute atomic E-state index is 11.6. The minimum atomic E-state index is -0.590. The van der Waals surface area contributed by atoms with Gasteiger partial charge in [0.05, 0.1) is 11.0 Å². The Hall–Kier alpha value is -2.24. The number of aromatic amines is 1. The molecule has 2 amide bonds. The van der Waals surface area contributed by atoms with Gasteiger partial charge in [-0.25, -0.2) is 9.59 Å². The molecule has 1 aromatic heterocycles. The zero-order valence-corrected chi connectivity index (χ0v) is 8.56. The van der Waals surface area contributed by atoms with Gasteiger partial charge in [0.25, 0.3) is 0 Å². The van der Waals surface area contributed by atoms with Crippen LogP contribution in [0.25, 0.3) is 11.0 Å². The summed E-state index contributed by atoms with van der Waals surface area (Å²) >= 11 is 0. The van der Waals surface area contributed by atoms with Crippen molar-refractivity contribution in [3.63, 3.8) is 0 Å². The van der Waals surface area contributed by atoms with Crippen molar-refractivity contribution < 1.29 is 4.79 Å². The summed E-state index contributed by atoms with van der Waals surface area (Å²) in [5.74, 6) is 0. The molecule has 6 nitrogen and oxygen atoms in total. The molecular weight excluding hydrogens is 208 g/mol. The number of para-hydroxylation sites is 2. The van der Waals surface area contributed by atoms with E-state index >= 15 is 0 Å². The Balaban J connectivity index is 2.26. The number of fused-ring (bicyclic) bond motifs is 1. The van der Waals surface area contributed by atoms with Gasteiger partial charge in [0.15, 0.2) is 0 Å². The minimum Gasteiger partial charge on any atom is -0.352 e. The maximum atomic E-state index is 11.6. The van der Waals surface area contributed by atoms with Crippen LogP contribution < -0.4 is 16.7 Å². The van der Waals surface area contributed by atoms with E-state index in [4.69, 9.17) is 5.73 Å². The van der Waals surface area contributed by atoms with Gasteiger partial charge in [-0.05, 0) is 12.1 Å². The lowest BCUT2D eigenvalue weighted by Crippen LogP contribution is -2.33.